The largest absolute Gasteiger partial charge is 0.356 e. The SMILES string of the molecule is O=CCCC(=O)NCCCCCCCCCCCCNC(=O)CCCCC1CCSS1. The highest BCUT2D eigenvalue weighted by Gasteiger charge is 2.15. The molecule has 2 amide bonds. The fourth-order valence-electron chi connectivity index (χ4n) is 3.71. The number of unbranched alkanes of at least 4 members (excludes halogenated alkanes) is 10. The molecule has 1 atom stereocenters. The molecule has 0 aromatic carbocycles. The van der Waals surface area contributed by atoms with Crippen LogP contribution in [-0.4, -0.2) is 42.2 Å². The molecule has 1 aliphatic rings. The second kappa shape index (κ2) is 21.2. The molecule has 1 rings (SSSR count). The molecule has 0 bridgehead atoms. The zero-order chi connectivity index (χ0) is 22.4. The van der Waals surface area contributed by atoms with Gasteiger partial charge in [0.05, 0.1) is 0 Å². The van der Waals surface area contributed by atoms with Crippen LogP contribution < -0.4 is 10.6 Å². The van der Waals surface area contributed by atoms with E-state index in [1.807, 2.05) is 21.6 Å². The van der Waals surface area contributed by atoms with Gasteiger partial charge >= 0.3 is 0 Å². The Morgan fingerprint density at radius 3 is 1.81 bits per heavy atom. The Kier molecular flexibility index (Phi) is 19.4. The second-order valence-corrected chi connectivity index (χ2v) is 11.3. The van der Waals surface area contributed by atoms with Crippen LogP contribution in [0.2, 0.25) is 0 Å². The number of aldehydes is 1. The van der Waals surface area contributed by atoms with Gasteiger partial charge in [-0.2, -0.15) is 0 Å². The average Bonchev–Trinajstić information content (AvgIpc) is 3.29. The minimum absolute atomic E-state index is 0.0141. The Balaban J connectivity index is 1.72. The standard InChI is InChI=1S/C24H44N2O3S2/c27-20-13-16-24(29)26-19-12-8-6-4-2-1-3-5-7-11-18-25-23(28)15-10-9-14-22-17-21-30-31-22/h20,22H,1-19,21H2,(H,25,28)(H,26,29). The summed E-state index contributed by atoms with van der Waals surface area (Å²) in [6, 6.07) is 0. The van der Waals surface area contributed by atoms with Crippen LogP contribution >= 0.6 is 21.6 Å². The summed E-state index contributed by atoms with van der Waals surface area (Å²) in [7, 11) is 4.02. The van der Waals surface area contributed by atoms with Gasteiger partial charge in [0.15, 0.2) is 0 Å². The average molecular weight is 473 g/mol. The number of amides is 2. The van der Waals surface area contributed by atoms with Gasteiger partial charge in [0.1, 0.15) is 6.29 Å². The third-order valence-corrected chi connectivity index (χ3v) is 8.65. The van der Waals surface area contributed by atoms with Crippen LogP contribution in [0, 0.1) is 0 Å². The van der Waals surface area contributed by atoms with Crippen LogP contribution in [0.15, 0.2) is 0 Å². The normalized spacial score (nSPS) is 15.7. The lowest BCUT2D eigenvalue weighted by Crippen LogP contribution is -2.24. The molecular formula is C24H44N2O3S2. The van der Waals surface area contributed by atoms with Gasteiger partial charge in [-0.15, -0.1) is 0 Å². The molecule has 0 aromatic rings. The van der Waals surface area contributed by atoms with E-state index in [9.17, 15) is 14.4 Å². The fraction of sp³-hybridized carbons (Fsp3) is 0.875. The van der Waals surface area contributed by atoms with Crippen molar-refractivity contribution >= 4 is 39.7 Å². The van der Waals surface area contributed by atoms with Crippen LogP contribution in [0.25, 0.3) is 0 Å². The molecule has 0 aliphatic carbocycles. The molecule has 31 heavy (non-hydrogen) atoms. The van der Waals surface area contributed by atoms with Crippen LogP contribution in [0.5, 0.6) is 0 Å². The topological polar surface area (TPSA) is 75.3 Å². The molecule has 1 heterocycles. The minimum Gasteiger partial charge on any atom is -0.356 e. The highest BCUT2D eigenvalue weighted by Crippen LogP contribution is 2.39. The molecule has 180 valence electrons. The first kappa shape index (κ1) is 28.3. The molecule has 2 N–H and O–H groups in total. The monoisotopic (exact) mass is 472 g/mol. The Morgan fingerprint density at radius 2 is 1.29 bits per heavy atom. The van der Waals surface area contributed by atoms with E-state index in [1.165, 1.54) is 70.0 Å². The van der Waals surface area contributed by atoms with Crippen molar-refractivity contribution in [3.63, 3.8) is 0 Å². The number of carbonyl (C=O) groups excluding carboxylic acids is 3. The van der Waals surface area contributed by atoms with Crippen molar-refractivity contribution in [2.75, 3.05) is 18.8 Å². The number of rotatable bonds is 21. The number of carbonyl (C=O) groups is 3. The lowest BCUT2D eigenvalue weighted by molar-refractivity contribution is -0.122. The zero-order valence-electron chi connectivity index (χ0n) is 19.3. The molecule has 0 radical (unpaired) electrons. The van der Waals surface area contributed by atoms with Crippen molar-refractivity contribution in [3.05, 3.63) is 0 Å². The van der Waals surface area contributed by atoms with Crippen LogP contribution in [0.1, 0.15) is 109 Å². The van der Waals surface area contributed by atoms with Crippen LogP contribution in [0.4, 0.5) is 0 Å². The Morgan fingerprint density at radius 1 is 0.742 bits per heavy atom. The molecular weight excluding hydrogens is 428 g/mol. The summed E-state index contributed by atoms with van der Waals surface area (Å²) in [5.74, 6) is 1.51. The summed E-state index contributed by atoms with van der Waals surface area (Å²) < 4.78 is 0. The molecule has 7 heteroatoms. The summed E-state index contributed by atoms with van der Waals surface area (Å²) in [5.41, 5.74) is 0. The van der Waals surface area contributed by atoms with Crippen LogP contribution in [-0.2, 0) is 14.4 Å². The Labute approximate surface area is 197 Å². The van der Waals surface area contributed by atoms with Gasteiger partial charge < -0.3 is 15.4 Å². The molecule has 1 aliphatic heterocycles. The second-order valence-electron chi connectivity index (χ2n) is 8.52. The van der Waals surface area contributed by atoms with Crippen molar-refractivity contribution in [3.8, 4) is 0 Å². The van der Waals surface area contributed by atoms with E-state index in [-0.39, 0.29) is 11.8 Å². The zero-order valence-corrected chi connectivity index (χ0v) is 21.0. The minimum atomic E-state index is -0.0141. The maximum absolute atomic E-state index is 11.9. The van der Waals surface area contributed by atoms with Gasteiger partial charge in [0.25, 0.3) is 0 Å². The maximum Gasteiger partial charge on any atom is 0.220 e. The number of hydrogen-bond acceptors (Lipinski definition) is 5. The van der Waals surface area contributed by atoms with Gasteiger partial charge in [-0.25, -0.2) is 0 Å². The van der Waals surface area contributed by atoms with Crippen molar-refractivity contribution in [2.24, 2.45) is 0 Å². The predicted molar refractivity (Wildman–Crippen MR) is 134 cm³/mol. The molecule has 0 aromatic heterocycles. The van der Waals surface area contributed by atoms with E-state index in [0.717, 1.165) is 50.3 Å². The highest BCUT2D eigenvalue weighted by molar-refractivity contribution is 8.77. The van der Waals surface area contributed by atoms with E-state index < -0.39 is 0 Å². The predicted octanol–water partition coefficient (Wildman–Crippen LogP) is 5.81. The van der Waals surface area contributed by atoms with Gasteiger partial charge in [0.2, 0.25) is 11.8 Å². The summed E-state index contributed by atoms with van der Waals surface area (Å²) in [5, 5.41) is 6.76. The molecule has 1 fully saturated rings. The Bertz CT molecular complexity index is 472. The first-order chi connectivity index (χ1) is 15.2. The summed E-state index contributed by atoms with van der Waals surface area (Å²) in [6.07, 6.45) is 19.1. The molecule has 1 saturated heterocycles. The molecule has 1 unspecified atom stereocenters. The summed E-state index contributed by atoms with van der Waals surface area (Å²) >= 11 is 0. The van der Waals surface area contributed by atoms with Crippen LogP contribution in [0.3, 0.4) is 0 Å². The summed E-state index contributed by atoms with van der Waals surface area (Å²) in [6.45, 7) is 1.56. The maximum atomic E-state index is 11.9. The van der Waals surface area contributed by atoms with Gasteiger partial charge in [-0.1, -0.05) is 79.4 Å². The number of nitrogens with one attached hydrogen (secondary N) is 2. The third-order valence-electron chi connectivity index (χ3n) is 5.64. The van der Waals surface area contributed by atoms with E-state index in [4.69, 9.17) is 0 Å². The van der Waals surface area contributed by atoms with Crippen molar-refractivity contribution in [1.82, 2.24) is 10.6 Å². The summed E-state index contributed by atoms with van der Waals surface area (Å²) in [4.78, 5) is 33.4. The third kappa shape index (κ3) is 18.6. The van der Waals surface area contributed by atoms with Gasteiger partial charge in [-0.05, 0) is 32.1 Å². The van der Waals surface area contributed by atoms with Crippen molar-refractivity contribution < 1.29 is 14.4 Å². The number of hydrogen-bond donors (Lipinski definition) is 2. The lowest BCUT2D eigenvalue weighted by atomic mass is 10.1. The smallest absolute Gasteiger partial charge is 0.220 e. The van der Waals surface area contributed by atoms with Crippen molar-refractivity contribution in [2.45, 2.75) is 114 Å². The van der Waals surface area contributed by atoms with E-state index in [2.05, 4.69) is 10.6 Å². The van der Waals surface area contributed by atoms with E-state index >= 15 is 0 Å². The molecule has 0 saturated carbocycles. The Hall–Kier alpha value is -0.690. The quantitative estimate of drug-likeness (QED) is 0.125. The first-order valence-corrected chi connectivity index (χ1v) is 14.9. The molecule has 0 spiro atoms. The fourth-order valence-corrected chi connectivity index (χ4v) is 6.74. The molecule has 5 nitrogen and oxygen atoms in total. The highest BCUT2D eigenvalue weighted by atomic mass is 33.1. The first-order valence-electron chi connectivity index (χ1n) is 12.5. The van der Waals surface area contributed by atoms with E-state index in [1.54, 1.807) is 0 Å². The van der Waals surface area contributed by atoms with Gasteiger partial charge in [0, 0.05) is 43.4 Å². The van der Waals surface area contributed by atoms with E-state index in [0.29, 0.717) is 19.3 Å². The van der Waals surface area contributed by atoms with Gasteiger partial charge in [-0.3, -0.25) is 9.59 Å². The lowest BCUT2D eigenvalue weighted by Gasteiger charge is -2.08. The van der Waals surface area contributed by atoms with Crippen molar-refractivity contribution in [1.29, 1.82) is 0 Å².